The van der Waals surface area contributed by atoms with E-state index >= 15 is 0 Å². The van der Waals surface area contributed by atoms with E-state index in [9.17, 15) is 14.7 Å². The molecule has 2 N–H and O–H groups in total. The normalized spacial score (nSPS) is 20.3. The number of amides is 1. The first-order chi connectivity index (χ1) is 15.3. The Morgan fingerprint density at radius 3 is 2.53 bits per heavy atom. The summed E-state index contributed by atoms with van der Waals surface area (Å²) in [6.07, 6.45) is 2.79. The Bertz CT molecular complexity index is 995. The zero-order valence-electron chi connectivity index (χ0n) is 18.8. The highest BCUT2D eigenvalue weighted by Gasteiger charge is 2.36. The summed E-state index contributed by atoms with van der Waals surface area (Å²) in [5.41, 5.74) is -0.287. The van der Waals surface area contributed by atoms with E-state index in [0.29, 0.717) is 51.4 Å². The molecular weight excluding hydrogens is 408 g/mol. The van der Waals surface area contributed by atoms with Crippen LogP contribution in [-0.2, 0) is 16.1 Å². The first-order valence-corrected chi connectivity index (χ1v) is 11.2. The van der Waals surface area contributed by atoms with Gasteiger partial charge in [0.15, 0.2) is 0 Å². The number of anilines is 1. The summed E-state index contributed by atoms with van der Waals surface area (Å²) in [6.45, 7) is 6.37. The Kier molecular flexibility index (Phi) is 6.35. The summed E-state index contributed by atoms with van der Waals surface area (Å²) in [5, 5.41) is 14.3. The smallest absolute Gasteiger partial charge is 0.255 e. The summed E-state index contributed by atoms with van der Waals surface area (Å²) in [5.74, 6) is 0.762. The van der Waals surface area contributed by atoms with Gasteiger partial charge in [0, 0.05) is 25.6 Å². The molecule has 3 heterocycles. The third-order valence-electron chi connectivity index (χ3n) is 6.51. The number of carbonyl (C=O) groups is 1. The van der Waals surface area contributed by atoms with E-state index in [1.165, 1.54) is 17.0 Å². The number of rotatable bonds is 7. The molecule has 0 radical (unpaired) electrons. The van der Waals surface area contributed by atoms with E-state index < -0.39 is 5.60 Å². The van der Waals surface area contributed by atoms with E-state index in [1.807, 2.05) is 42.2 Å². The lowest BCUT2D eigenvalue weighted by Crippen LogP contribution is -2.53. The second kappa shape index (κ2) is 9.03. The van der Waals surface area contributed by atoms with Gasteiger partial charge < -0.3 is 20.1 Å². The van der Waals surface area contributed by atoms with Crippen LogP contribution in [0, 0.1) is 0 Å². The summed E-state index contributed by atoms with van der Waals surface area (Å²) in [4.78, 5) is 31.5. The predicted molar refractivity (Wildman–Crippen MR) is 122 cm³/mol. The van der Waals surface area contributed by atoms with Crippen LogP contribution in [0.5, 0.6) is 0 Å². The second-order valence-electron chi connectivity index (χ2n) is 9.54. The number of hydrogen-bond donors (Lipinski definition) is 2. The van der Waals surface area contributed by atoms with Gasteiger partial charge in [-0.2, -0.15) is 0 Å². The van der Waals surface area contributed by atoms with Gasteiger partial charge in [-0.3, -0.25) is 14.2 Å². The van der Waals surface area contributed by atoms with Gasteiger partial charge in [-0.15, -0.1) is 0 Å². The van der Waals surface area contributed by atoms with Gasteiger partial charge in [0.05, 0.1) is 37.2 Å². The molecule has 172 valence electrons. The molecule has 1 aromatic carbocycles. The largest absolute Gasteiger partial charge is 0.388 e. The fourth-order valence-corrected chi connectivity index (χ4v) is 4.34. The van der Waals surface area contributed by atoms with Gasteiger partial charge in [0.1, 0.15) is 5.82 Å². The van der Waals surface area contributed by atoms with E-state index in [0.717, 1.165) is 5.56 Å². The molecule has 8 heteroatoms. The van der Waals surface area contributed by atoms with Crippen molar-refractivity contribution in [3.05, 3.63) is 58.6 Å². The lowest BCUT2D eigenvalue weighted by Gasteiger charge is -2.39. The fourth-order valence-electron chi connectivity index (χ4n) is 4.34. The zero-order valence-corrected chi connectivity index (χ0v) is 18.8. The number of ether oxygens (including phenoxy) is 1. The van der Waals surface area contributed by atoms with Crippen LogP contribution in [0.3, 0.4) is 0 Å². The van der Waals surface area contributed by atoms with Crippen molar-refractivity contribution in [2.75, 3.05) is 31.6 Å². The molecule has 0 saturated carbocycles. The molecule has 1 aromatic heterocycles. The topological polar surface area (TPSA) is 96.7 Å². The van der Waals surface area contributed by atoms with Gasteiger partial charge in [-0.25, -0.2) is 4.98 Å². The van der Waals surface area contributed by atoms with Crippen LogP contribution in [0.25, 0.3) is 0 Å². The zero-order chi connectivity index (χ0) is 22.8. The maximum Gasteiger partial charge on any atom is 0.255 e. The van der Waals surface area contributed by atoms with Crippen molar-refractivity contribution in [2.24, 2.45) is 0 Å². The molecule has 2 fully saturated rings. The number of piperidine rings is 1. The maximum absolute atomic E-state index is 12.7. The van der Waals surface area contributed by atoms with Crippen LogP contribution >= 0.6 is 0 Å². The Morgan fingerprint density at radius 2 is 1.94 bits per heavy atom. The van der Waals surface area contributed by atoms with Gasteiger partial charge >= 0.3 is 0 Å². The summed E-state index contributed by atoms with van der Waals surface area (Å²) in [6, 6.07) is 11.5. The van der Waals surface area contributed by atoms with Crippen LogP contribution in [0.2, 0.25) is 0 Å². The molecule has 32 heavy (non-hydrogen) atoms. The third-order valence-corrected chi connectivity index (χ3v) is 6.51. The third kappa shape index (κ3) is 5.19. The van der Waals surface area contributed by atoms with Crippen molar-refractivity contribution >= 4 is 11.7 Å². The molecule has 1 amide bonds. The van der Waals surface area contributed by atoms with Crippen LogP contribution in [0.1, 0.15) is 44.6 Å². The summed E-state index contributed by atoms with van der Waals surface area (Å²) in [7, 11) is 0. The number of likely N-dealkylation sites (tertiary alicyclic amines) is 1. The molecule has 0 aliphatic carbocycles. The summed E-state index contributed by atoms with van der Waals surface area (Å²) >= 11 is 0. The van der Waals surface area contributed by atoms with Crippen molar-refractivity contribution in [1.82, 2.24) is 14.5 Å². The Labute approximate surface area is 188 Å². The van der Waals surface area contributed by atoms with Gasteiger partial charge in [-0.05, 0) is 31.2 Å². The lowest BCUT2D eigenvalue weighted by atomic mass is 9.90. The molecular formula is C24H32N4O4. The number of nitrogens with one attached hydrogen (secondary N) is 1. The first kappa shape index (κ1) is 22.5. The van der Waals surface area contributed by atoms with E-state index in [4.69, 9.17) is 4.74 Å². The Hall–Kier alpha value is -2.71. The average Bonchev–Trinajstić information content (AvgIpc) is 2.75. The van der Waals surface area contributed by atoms with Crippen molar-refractivity contribution in [3.63, 3.8) is 0 Å². The quantitative estimate of drug-likeness (QED) is 0.684. The van der Waals surface area contributed by atoms with Crippen molar-refractivity contribution in [1.29, 1.82) is 0 Å². The van der Waals surface area contributed by atoms with Gasteiger partial charge in [0.2, 0.25) is 5.91 Å². The van der Waals surface area contributed by atoms with E-state index in [-0.39, 0.29) is 29.5 Å². The van der Waals surface area contributed by atoms with Crippen molar-refractivity contribution in [2.45, 2.75) is 56.7 Å². The molecule has 2 aromatic rings. The van der Waals surface area contributed by atoms with E-state index in [1.54, 1.807) is 0 Å². The number of benzene rings is 1. The monoisotopic (exact) mass is 440 g/mol. The van der Waals surface area contributed by atoms with E-state index in [2.05, 4.69) is 17.2 Å². The fraction of sp³-hybridized carbons (Fsp3) is 0.542. The SMILES string of the molecule is CC(CC(=O)N1CCC(O)(Cn2cnc(NC3(C)COC3)cc2=O)CC1)c1ccccc1. The van der Waals surface area contributed by atoms with Crippen LogP contribution in [0.15, 0.2) is 47.5 Å². The Morgan fingerprint density at radius 1 is 1.25 bits per heavy atom. The van der Waals surface area contributed by atoms with Gasteiger partial charge in [-0.1, -0.05) is 37.3 Å². The molecule has 1 unspecified atom stereocenters. The second-order valence-corrected chi connectivity index (χ2v) is 9.54. The molecule has 4 rings (SSSR count). The summed E-state index contributed by atoms with van der Waals surface area (Å²) < 4.78 is 6.66. The van der Waals surface area contributed by atoms with Crippen LogP contribution in [-0.4, -0.2) is 62.9 Å². The molecule has 2 aliphatic heterocycles. The molecule has 2 aliphatic rings. The molecule has 1 atom stereocenters. The molecule has 0 bridgehead atoms. The number of aliphatic hydroxyl groups is 1. The van der Waals surface area contributed by atoms with Crippen molar-refractivity contribution in [3.8, 4) is 0 Å². The van der Waals surface area contributed by atoms with Crippen LogP contribution in [0.4, 0.5) is 5.82 Å². The van der Waals surface area contributed by atoms with Crippen LogP contribution < -0.4 is 10.9 Å². The molecule has 0 spiro atoms. The number of nitrogens with zero attached hydrogens (tertiary/aromatic N) is 3. The number of carbonyl (C=O) groups excluding carboxylic acids is 1. The standard InChI is InChI=1S/C24H32N4O4/c1-18(19-6-4-3-5-7-19)12-21(29)27-10-8-24(31,9-11-27)14-28-17-25-20(13-22(28)30)26-23(2)15-32-16-23/h3-7,13,17-18,26,31H,8-12,14-16H2,1-2H3. The minimum atomic E-state index is -1.03. The molecule has 2 saturated heterocycles. The average molecular weight is 441 g/mol. The highest BCUT2D eigenvalue weighted by Crippen LogP contribution is 2.26. The molecule has 8 nitrogen and oxygen atoms in total. The highest BCUT2D eigenvalue weighted by molar-refractivity contribution is 5.77. The first-order valence-electron chi connectivity index (χ1n) is 11.2. The highest BCUT2D eigenvalue weighted by atomic mass is 16.5. The number of aromatic nitrogens is 2. The van der Waals surface area contributed by atoms with Crippen molar-refractivity contribution < 1.29 is 14.6 Å². The minimum Gasteiger partial charge on any atom is -0.388 e. The van der Waals surface area contributed by atoms with Gasteiger partial charge in [0.25, 0.3) is 5.56 Å². The predicted octanol–water partition coefficient (Wildman–Crippen LogP) is 1.99. The maximum atomic E-state index is 12.7. The minimum absolute atomic E-state index is 0.103. The Balaban J connectivity index is 1.31. The lowest BCUT2D eigenvalue weighted by molar-refractivity contribution is -0.136. The number of hydrogen-bond acceptors (Lipinski definition) is 6.